The second kappa shape index (κ2) is 51.5. The summed E-state index contributed by atoms with van der Waals surface area (Å²) in [6.07, 6.45) is 65.6. The van der Waals surface area contributed by atoms with Gasteiger partial charge in [-0.2, -0.15) is 0 Å². The van der Waals surface area contributed by atoms with E-state index in [0.717, 1.165) is 32.1 Å². The Morgan fingerprint density at radius 1 is 0.393 bits per heavy atom. The molecule has 3 unspecified atom stereocenters. The van der Waals surface area contributed by atoms with E-state index in [1.54, 1.807) is 6.08 Å². The van der Waals surface area contributed by atoms with Crippen molar-refractivity contribution in [2.75, 3.05) is 6.61 Å². The summed E-state index contributed by atoms with van der Waals surface area (Å²) in [7, 11) is 0. The number of hydrogen-bond acceptors (Lipinski definition) is 4. The fourth-order valence-corrected chi connectivity index (χ4v) is 8.71. The van der Waals surface area contributed by atoms with Gasteiger partial charge in [0.15, 0.2) is 0 Å². The Morgan fingerprint density at radius 3 is 0.951 bits per heavy atom. The van der Waals surface area contributed by atoms with E-state index in [2.05, 4.69) is 31.3 Å². The molecule has 0 aromatic carbocycles. The van der Waals surface area contributed by atoms with E-state index < -0.39 is 24.2 Å². The topological polar surface area (TPSA) is 89.8 Å². The number of unbranched alkanes of at least 4 members (excludes halogenated alkanes) is 41. The van der Waals surface area contributed by atoms with Gasteiger partial charge in [-0.1, -0.05) is 282 Å². The quantitative estimate of drug-likeness (QED) is 0.0362. The molecule has 0 spiro atoms. The average Bonchev–Trinajstić information content (AvgIpc) is 3.26. The molecular weight excluding hydrogens is 751 g/mol. The lowest BCUT2D eigenvalue weighted by Gasteiger charge is -2.21. The predicted molar refractivity (Wildman–Crippen MR) is 268 cm³/mol. The first-order valence-electron chi connectivity index (χ1n) is 27.7. The van der Waals surface area contributed by atoms with Gasteiger partial charge < -0.3 is 20.6 Å². The van der Waals surface area contributed by atoms with E-state index in [0.29, 0.717) is 6.42 Å². The van der Waals surface area contributed by atoms with Crippen molar-refractivity contribution >= 4 is 5.91 Å². The highest BCUT2D eigenvalue weighted by atomic mass is 16.3. The summed E-state index contributed by atoms with van der Waals surface area (Å²) in [6.45, 7) is 4.19. The molecule has 3 atom stereocenters. The monoisotopic (exact) mass is 860 g/mol. The standard InChI is InChI=1S/C56H109NO4/c1-3-5-7-9-11-13-15-16-17-18-19-20-21-22-23-24-25-26-27-28-29-30-31-32-33-34-35-36-37-38-39-41-43-45-47-49-51-55(60)56(61)57-53(52-58)54(59)50-48-46-44-42-40-14-12-10-8-6-4-2/h26-27,48,50,53-55,58-60H,3-25,28-47,49,51-52H2,1-2H3,(H,57,61)/b27-26-,50-48+. The minimum Gasteiger partial charge on any atom is -0.394 e. The Labute approximate surface area is 382 Å². The Bertz CT molecular complexity index is 905. The molecule has 362 valence electrons. The summed E-state index contributed by atoms with van der Waals surface area (Å²) in [6, 6.07) is -0.794. The van der Waals surface area contributed by atoms with Crippen LogP contribution < -0.4 is 5.32 Å². The zero-order chi connectivity index (χ0) is 44.4. The first-order chi connectivity index (χ1) is 30.1. The van der Waals surface area contributed by atoms with Crippen molar-refractivity contribution < 1.29 is 20.1 Å². The molecule has 0 aliphatic heterocycles. The van der Waals surface area contributed by atoms with Gasteiger partial charge >= 0.3 is 0 Å². The van der Waals surface area contributed by atoms with Crippen LogP contribution in [0.5, 0.6) is 0 Å². The summed E-state index contributed by atoms with van der Waals surface area (Å²) in [5.74, 6) is -0.501. The number of carbonyl (C=O) groups is 1. The molecule has 61 heavy (non-hydrogen) atoms. The van der Waals surface area contributed by atoms with Crippen LogP contribution in [0.1, 0.15) is 303 Å². The van der Waals surface area contributed by atoms with Crippen molar-refractivity contribution in [1.29, 1.82) is 0 Å². The number of nitrogens with one attached hydrogen (secondary N) is 1. The number of hydrogen-bond donors (Lipinski definition) is 4. The third-order valence-corrected chi connectivity index (χ3v) is 13.0. The Balaban J connectivity index is 3.44. The summed E-state index contributed by atoms with van der Waals surface area (Å²) in [5, 5.41) is 33.2. The van der Waals surface area contributed by atoms with E-state index in [9.17, 15) is 20.1 Å². The van der Waals surface area contributed by atoms with Crippen molar-refractivity contribution in [3.05, 3.63) is 24.3 Å². The fraction of sp³-hybridized carbons (Fsp3) is 0.911. The van der Waals surface area contributed by atoms with Crippen molar-refractivity contribution in [2.24, 2.45) is 0 Å². The lowest BCUT2D eigenvalue weighted by molar-refractivity contribution is -0.131. The van der Waals surface area contributed by atoms with Crippen LogP contribution in [0, 0.1) is 0 Å². The highest BCUT2D eigenvalue weighted by Gasteiger charge is 2.22. The van der Waals surface area contributed by atoms with Gasteiger partial charge in [0.2, 0.25) is 5.91 Å². The van der Waals surface area contributed by atoms with Gasteiger partial charge in [-0.3, -0.25) is 4.79 Å². The zero-order valence-electron chi connectivity index (χ0n) is 41.3. The maximum Gasteiger partial charge on any atom is 0.249 e. The van der Waals surface area contributed by atoms with E-state index in [1.165, 1.54) is 250 Å². The van der Waals surface area contributed by atoms with Gasteiger partial charge in [-0.25, -0.2) is 0 Å². The lowest BCUT2D eigenvalue weighted by Crippen LogP contribution is -2.48. The van der Waals surface area contributed by atoms with Crippen molar-refractivity contribution in [3.8, 4) is 0 Å². The van der Waals surface area contributed by atoms with E-state index in [1.807, 2.05) is 6.08 Å². The van der Waals surface area contributed by atoms with Crippen molar-refractivity contribution in [2.45, 2.75) is 321 Å². The minimum absolute atomic E-state index is 0.361. The van der Waals surface area contributed by atoms with Crippen molar-refractivity contribution in [3.63, 3.8) is 0 Å². The third-order valence-electron chi connectivity index (χ3n) is 13.0. The van der Waals surface area contributed by atoms with Gasteiger partial charge in [-0.05, 0) is 44.9 Å². The maximum atomic E-state index is 12.5. The van der Waals surface area contributed by atoms with Crippen LogP contribution in [0.25, 0.3) is 0 Å². The third kappa shape index (κ3) is 46.6. The van der Waals surface area contributed by atoms with Crippen LogP contribution in [0.2, 0.25) is 0 Å². The molecule has 0 bridgehead atoms. The molecule has 0 aromatic rings. The summed E-state index contributed by atoms with van der Waals surface area (Å²) in [5.41, 5.74) is 0. The van der Waals surface area contributed by atoms with Gasteiger partial charge in [0.05, 0.1) is 18.8 Å². The number of carbonyl (C=O) groups excluding carboxylic acids is 1. The lowest BCUT2D eigenvalue weighted by atomic mass is 10.0. The number of aliphatic hydroxyl groups excluding tert-OH is 3. The molecule has 0 saturated heterocycles. The van der Waals surface area contributed by atoms with E-state index in [4.69, 9.17) is 0 Å². The molecule has 5 heteroatoms. The summed E-state index contributed by atoms with van der Waals surface area (Å²) >= 11 is 0. The molecule has 0 radical (unpaired) electrons. The molecule has 0 saturated carbocycles. The predicted octanol–water partition coefficient (Wildman–Crippen LogP) is 16.9. The number of allylic oxidation sites excluding steroid dienone is 3. The van der Waals surface area contributed by atoms with Crippen LogP contribution in [-0.4, -0.2) is 46.1 Å². The van der Waals surface area contributed by atoms with E-state index >= 15 is 0 Å². The molecule has 0 aliphatic carbocycles. The first kappa shape index (κ1) is 59.8. The molecule has 0 fully saturated rings. The van der Waals surface area contributed by atoms with Gasteiger partial charge in [0.25, 0.3) is 0 Å². The fourth-order valence-electron chi connectivity index (χ4n) is 8.71. The summed E-state index contributed by atoms with van der Waals surface area (Å²) in [4.78, 5) is 12.5. The maximum absolute atomic E-state index is 12.5. The Hall–Kier alpha value is -1.17. The number of rotatable bonds is 51. The smallest absolute Gasteiger partial charge is 0.249 e. The molecule has 4 N–H and O–H groups in total. The molecule has 5 nitrogen and oxygen atoms in total. The van der Waals surface area contributed by atoms with Crippen LogP contribution in [-0.2, 0) is 4.79 Å². The van der Waals surface area contributed by atoms with E-state index in [-0.39, 0.29) is 6.61 Å². The van der Waals surface area contributed by atoms with Crippen LogP contribution in [0.15, 0.2) is 24.3 Å². The number of amides is 1. The number of aliphatic hydroxyl groups is 3. The molecule has 0 heterocycles. The first-order valence-corrected chi connectivity index (χ1v) is 27.7. The van der Waals surface area contributed by atoms with Crippen LogP contribution >= 0.6 is 0 Å². The second-order valence-electron chi connectivity index (χ2n) is 19.1. The molecule has 0 aliphatic rings. The Kier molecular flexibility index (Phi) is 50.5. The van der Waals surface area contributed by atoms with Gasteiger partial charge in [-0.15, -0.1) is 0 Å². The average molecular weight is 860 g/mol. The molecule has 0 aromatic heterocycles. The van der Waals surface area contributed by atoms with Crippen LogP contribution in [0.4, 0.5) is 0 Å². The minimum atomic E-state index is -1.09. The zero-order valence-corrected chi connectivity index (χ0v) is 41.3. The van der Waals surface area contributed by atoms with Gasteiger partial charge in [0.1, 0.15) is 6.10 Å². The van der Waals surface area contributed by atoms with Crippen LogP contribution in [0.3, 0.4) is 0 Å². The Morgan fingerprint density at radius 2 is 0.656 bits per heavy atom. The van der Waals surface area contributed by atoms with Gasteiger partial charge in [0, 0.05) is 0 Å². The largest absolute Gasteiger partial charge is 0.394 e. The second-order valence-corrected chi connectivity index (χ2v) is 19.1. The highest BCUT2D eigenvalue weighted by molar-refractivity contribution is 5.80. The van der Waals surface area contributed by atoms with Crippen molar-refractivity contribution in [1.82, 2.24) is 5.32 Å². The normalized spacial score (nSPS) is 13.5. The highest BCUT2D eigenvalue weighted by Crippen LogP contribution is 2.17. The molecular formula is C56H109NO4. The SMILES string of the molecule is CCCCCCCCCCC/C=C/C(O)C(CO)NC(=O)C(O)CCCCCCCCCCCCCCCCCC/C=C\CCCCCCCCCCCCCCCCCC. The molecule has 0 rings (SSSR count). The molecule has 1 amide bonds. The summed E-state index contributed by atoms with van der Waals surface area (Å²) < 4.78 is 0.